The fraction of sp³-hybridized carbons (Fsp3) is 0.357. The number of nitrogens with one attached hydrogen (secondary N) is 1. The third kappa shape index (κ3) is 2.40. The molecule has 0 spiro atoms. The Kier molecular flexibility index (Phi) is 3.87. The molecule has 0 aliphatic rings. The maximum Gasteiger partial charge on any atom is 0.332 e. The van der Waals surface area contributed by atoms with Crippen LogP contribution < -0.4 is 11.2 Å². The molecule has 1 aromatic carbocycles. The molecule has 0 bridgehead atoms. The van der Waals surface area contributed by atoms with Crippen LogP contribution >= 0.6 is 0 Å². The standard InChI is InChI=1S/C14H14F2N2O4/c1-4-22-12(20)14(2,3)18-11(19)7-5-8(15)9(16)6-10(7)17-13(18)21/h5-6H,4H2,1-3H3,(H,17,21). The molecule has 0 saturated carbocycles. The SMILES string of the molecule is CCOC(=O)C(C)(C)n1c(=O)[nH]c2cc(F)c(F)cc2c1=O. The van der Waals surface area contributed by atoms with E-state index in [4.69, 9.17) is 4.74 Å². The number of aromatic amines is 1. The maximum absolute atomic E-state index is 13.3. The number of rotatable bonds is 3. The molecule has 1 aromatic heterocycles. The van der Waals surface area contributed by atoms with E-state index in [-0.39, 0.29) is 17.5 Å². The third-order valence-corrected chi connectivity index (χ3v) is 3.27. The summed E-state index contributed by atoms with van der Waals surface area (Å²) in [5, 5.41) is -0.240. The molecule has 0 unspecified atom stereocenters. The number of nitrogens with zero attached hydrogens (tertiary/aromatic N) is 1. The van der Waals surface area contributed by atoms with Crippen LogP contribution in [0, 0.1) is 11.6 Å². The van der Waals surface area contributed by atoms with Crippen LogP contribution in [0.5, 0.6) is 0 Å². The number of esters is 1. The van der Waals surface area contributed by atoms with Crippen molar-refractivity contribution in [2.24, 2.45) is 0 Å². The van der Waals surface area contributed by atoms with Crippen molar-refractivity contribution >= 4 is 16.9 Å². The first-order chi connectivity index (χ1) is 10.2. The van der Waals surface area contributed by atoms with Gasteiger partial charge in [0.05, 0.1) is 17.5 Å². The summed E-state index contributed by atoms with van der Waals surface area (Å²) in [6.07, 6.45) is 0. The highest BCUT2D eigenvalue weighted by Crippen LogP contribution is 2.16. The summed E-state index contributed by atoms with van der Waals surface area (Å²) >= 11 is 0. The maximum atomic E-state index is 13.3. The summed E-state index contributed by atoms with van der Waals surface area (Å²) in [5.41, 5.74) is -3.57. The van der Waals surface area contributed by atoms with E-state index < -0.39 is 34.4 Å². The molecule has 2 rings (SSSR count). The lowest BCUT2D eigenvalue weighted by Crippen LogP contribution is -2.51. The Morgan fingerprint density at radius 3 is 2.45 bits per heavy atom. The van der Waals surface area contributed by atoms with Crippen LogP contribution in [0.1, 0.15) is 20.8 Å². The number of H-pyrrole nitrogens is 1. The number of hydrogen-bond donors (Lipinski definition) is 1. The first-order valence-electron chi connectivity index (χ1n) is 6.52. The molecular formula is C14H14F2N2O4. The number of halogens is 2. The summed E-state index contributed by atoms with van der Waals surface area (Å²) in [4.78, 5) is 38.7. The number of hydrogen-bond acceptors (Lipinski definition) is 4. The molecule has 0 aliphatic carbocycles. The molecule has 0 aliphatic heterocycles. The highest BCUT2D eigenvalue weighted by atomic mass is 19.2. The van der Waals surface area contributed by atoms with E-state index in [1.165, 1.54) is 13.8 Å². The molecule has 0 atom stereocenters. The van der Waals surface area contributed by atoms with Crippen LogP contribution in [0.2, 0.25) is 0 Å². The van der Waals surface area contributed by atoms with Gasteiger partial charge in [-0.2, -0.15) is 0 Å². The monoisotopic (exact) mass is 312 g/mol. The van der Waals surface area contributed by atoms with Crippen LogP contribution in [0.4, 0.5) is 8.78 Å². The Morgan fingerprint density at radius 2 is 1.86 bits per heavy atom. The Hall–Kier alpha value is -2.51. The molecule has 1 N–H and O–H groups in total. The van der Waals surface area contributed by atoms with Crippen molar-refractivity contribution in [1.29, 1.82) is 0 Å². The van der Waals surface area contributed by atoms with E-state index in [2.05, 4.69) is 4.98 Å². The lowest BCUT2D eigenvalue weighted by molar-refractivity contribution is -0.152. The normalized spacial score (nSPS) is 11.7. The summed E-state index contributed by atoms with van der Waals surface area (Å²) in [6.45, 7) is 4.31. The van der Waals surface area contributed by atoms with Gasteiger partial charge < -0.3 is 9.72 Å². The second kappa shape index (κ2) is 5.36. The first kappa shape index (κ1) is 15.9. The number of benzene rings is 1. The quantitative estimate of drug-likeness (QED) is 0.865. The van der Waals surface area contributed by atoms with Gasteiger partial charge >= 0.3 is 11.7 Å². The average Bonchev–Trinajstić information content (AvgIpc) is 2.41. The second-order valence-corrected chi connectivity index (χ2v) is 5.16. The Labute approximate surface area is 123 Å². The van der Waals surface area contributed by atoms with Crippen molar-refractivity contribution in [2.75, 3.05) is 6.61 Å². The number of carbonyl (C=O) groups excluding carboxylic acids is 1. The lowest BCUT2D eigenvalue weighted by atomic mass is 10.1. The zero-order valence-corrected chi connectivity index (χ0v) is 12.2. The fourth-order valence-electron chi connectivity index (χ4n) is 2.12. The van der Waals surface area contributed by atoms with Crippen molar-refractivity contribution in [3.05, 3.63) is 44.6 Å². The van der Waals surface area contributed by atoms with Gasteiger partial charge in [-0.05, 0) is 26.8 Å². The molecule has 1 heterocycles. The molecule has 6 nitrogen and oxygen atoms in total. The summed E-state index contributed by atoms with van der Waals surface area (Å²) in [6, 6.07) is 1.40. The van der Waals surface area contributed by atoms with E-state index in [1.54, 1.807) is 6.92 Å². The number of carbonyl (C=O) groups is 1. The van der Waals surface area contributed by atoms with E-state index in [0.29, 0.717) is 10.6 Å². The zero-order chi connectivity index (χ0) is 16.7. The topological polar surface area (TPSA) is 81.2 Å². The molecule has 0 saturated heterocycles. The van der Waals surface area contributed by atoms with Gasteiger partial charge in [-0.15, -0.1) is 0 Å². The van der Waals surface area contributed by atoms with Gasteiger partial charge in [0.25, 0.3) is 5.56 Å². The number of aromatic nitrogens is 2. The van der Waals surface area contributed by atoms with Crippen molar-refractivity contribution < 1.29 is 18.3 Å². The molecule has 2 aromatic rings. The zero-order valence-electron chi connectivity index (χ0n) is 12.2. The predicted octanol–water partition coefficient (Wildman–Crippen LogP) is 1.27. The predicted molar refractivity (Wildman–Crippen MR) is 74.7 cm³/mol. The summed E-state index contributed by atoms with van der Waals surface area (Å²) in [5.74, 6) is -3.20. The lowest BCUT2D eigenvalue weighted by Gasteiger charge is -2.24. The van der Waals surface area contributed by atoms with Gasteiger partial charge in [-0.1, -0.05) is 0 Å². The minimum Gasteiger partial charge on any atom is -0.464 e. The Balaban J connectivity index is 2.81. The molecule has 22 heavy (non-hydrogen) atoms. The van der Waals surface area contributed by atoms with Gasteiger partial charge in [0.2, 0.25) is 0 Å². The van der Waals surface area contributed by atoms with Crippen LogP contribution in [0.3, 0.4) is 0 Å². The van der Waals surface area contributed by atoms with Crippen molar-refractivity contribution in [3.8, 4) is 0 Å². The first-order valence-corrected chi connectivity index (χ1v) is 6.52. The van der Waals surface area contributed by atoms with E-state index in [1.807, 2.05) is 0 Å². The van der Waals surface area contributed by atoms with Crippen LogP contribution in [-0.4, -0.2) is 22.1 Å². The average molecular weight is 312 g/mol. The van der Waals surface area contributed by atoms with Gasteiger partial charge in [0, 0.05) is 6.07 Å². The fourth-order valence-corrected chi connectivity index (χ4v) is 2.12. The molecule has 0 radical (unpaired) electrons. The molecule has 0 fully saturated rings. The van der Waals surface area contributed by atoms with E-state index >= 15 is 0 Å². The number of fused-ring (bicyclic) bond motifs is 1. The van der Waals surface area contributed by atoms with Gasteiger partial charge in [-0.3, -0.25) is 4.79 Å². The largest absolute Gasteiger partial charge is 0.464 e. The van der Waals surface area contributed by atoms with Gasteiger partial charge in [0.1, 0.15) is 5.54 Å². The summed E-state index contributed by atoms with van der Waals surface area (Å²) in [7, 11) is 0. The van der Waals surface area contributed by atoms with E-state index in [0.717, 1.165) is 6.07 Å². The molecule has 8 heteroatoms. The highest BCUT2D eigenvalue weighted by Gasteiger charge is 2.35. The Bertz CT molecular complexity index is 867. The van der Waals surface area contributed by atoms with Crippen LogP contribution in [0.25, 0.3) is 10.9 Å². The molecule has 0 amide bonds. The van der Waals surface area contributed by atoms with Crippen LogP contribution in [0.15, 0.2) is 21.7 Å². The molecule has 118 valence electrons. The van der Waals surface area contributed by atoms with Gasteiger partial charge in [0.15, 0.2) is 11.6 Å². The smallest absolute Gasteiger partial charge is 0.332 e. The third-order valence-electron chi connectivity index (χ3n) is 3.27. The molecular weight excluding hydrogens is 298 g/mol. The highest BCUT2D eigenvalue weighted by molar-refractivity contribution is 5.80. The summed E-state index contributed by atoms with van der Waals surface area (Å²) < 4.78 is 32.0. The Morgan fingerprint density at radius 1 is 1.27 bits per heavy atom. The van der Waals surface area contributed by atoms with Crippen molar-refractivity contribution in [1.82, 2.24) is 9.55 Å². The van der Waals surface area contributed by atoms with Crippen molar-refractivity contribution in [3.63, 3.8) is 0 Å². The number of ether oxygens (including phenoxy) is 1. The van der Waals surface area contributed by atoms with E-state index in [9.17, 15) is 23.2 Å². The van der Waals surface area contributed by atoms with Crippen molar-refractivity contribution in [2.45, 2.75) is 26.3 Å². The minimum atomic E-state index is -1.60. The second-order valence-electron chi connectivity index (χ2n) is 5.16. The van der Waals surface area contributed by atoms with Gasteiger partial charge in [-0.25, -0.2) is 22.9 Å². The van der Waals surface area contributed by atoms with Crippen LogP contribution in [-0.2, 0) is 15.1 Å². The minimum absolute atomic E-state index is 0.0718.